The van der Waals surface area contributed by atoms with Crippen molar-refractivity contribution >= 4 is 0 Å². The first-order valence-corrected chi connectivity index (χ1v) is 4.78. The van der Waals surface area contributed by atoms with Gasteiger partial charge in [0.1, 0.15) is 0 Å². The molecule has 0 bridgehead atoms. The van der Waals surface area contributed by atoms with Crippen molar-refractivity contribution in [3.05, 3.63) is 24.0 Å². The van der Waals surface area contributed by atoms with E-state index in [1.54, 1.807) is 0 Å². The maximum absolute atomic E-state index is 3.38. The van der Waals surface area contributed by atoms with E-state index in [-0.39, 0.29) is 0 Å². The molecule has 2 nitrogen and oxygen atoms in total. The van der Waals surface area contributed by atoms with Gasteiger partial charge in [0.25, 0.3) is 0 Å². The van der Waals surface area contributed by atoms with E-state index in [4.69, 9.17) is 0 Å². The molecule has 0 amide bonds. The highest BCUT2D eigenvalue weighted by Crippen LogP contribution is 2.16. The third kappa shape index (κ3) is 1.89. The number of aromatic amines is 1. The monoisotopic (exact) mass is 164 g/mol. The maximum Gasteiger partial charge on any atom is 0.0149 e. The number of rotatable bonds is 2. The average Bonchev–Trinajstić information content (AvgIpc) is 2.59. The van der Waals surface area contributed by atoms with E-state index in [9.17, 15) is 0 Å². The van der Waals surface area contributed by atoms with Crippen molar-refractivity contribution in [3.8, 4) is 0 Å². The van der Waals surface area contributed by atoms with Gasteiger partial charge in [0, 0.05) is 11.9 Å². The van der Waals surface area contributed by atoms with E-state index in [2.05, 4.69) is 22.4 Å². The Morgan fingerprint density at radius 1 is 1.33 bits per heavy atom. The molecule has 0 saturated carbocycles. The molecule has 2 rings (SSSR count). The second kappa shape index (κ2) is 3.76. The number of nitrogens with one attached hydrogen (secondary N) is 2. The van der Waals surface area contributed by atoms with Crippen molar-refractivity contribution in [2.75, 3.05) is 13.1 Å². The van der Waals surface area contributed by atoms with E-state index in [1.165, 1.54) is 38.0 Å². The molecule has 0 atom stereocenters. The first-order valence-electron chi connectivity index (χ1n) is 4.78. The molecular weight excluding hydrogens is 148 g/mol. The molecule has 2 N–H and O–H groups in total. The van der Waals surface area contributed by atoms with Gasteiger partial charge in [-0.05, 0) is 50.4 Å². The number of hydrogen-bond donors (Lipinski definition) is 2. The van der Waals surface area contributed by atoms with Crippen molar-refractivity contribution in [1.82, 2.24) is 10.3 Å². The van der Waals surface area contributed by atoms with E-state index in [0.29, 0.717) is 0 Å². The third-order valence-corrected chi connectivity index (χ3v) is 2.63. The van der Waals surface area contributed by atoms with Crippen LogP contribution >= 0.6 is 0 Å². The molecular formula is C10H16N2. The third-order valence-electron chi connectivity index (χ3n) is 2.63. The summed E-state index contributed by atoms with van der Waals surface area (Å²) >= 11 is 0. The van der Waals surface area contributed by atoms with Crippen LogP contribution in [-0.4, -0.2) is 18.1 Å². The second-order valence-electron chi connectivity index (χ2n) is 3.59. The zero-order valence-corrected chi connectivity index (χ0v) is 7.34. The van der Waals surface area contributed by atoms with Crippen LogP contribution in [0.4, 0.5) is 0 Å². The Morgan fingerprint density at radius 3 is 2.83 bits per heavy atom. The smallest absolute Gasteiger partial charge is 0.0149 e. The van der Waals surface area contributed by atoms with E-state index < -0.39 is 0 Å². The Morgan fingerprint density at radius 2 is 2.17 bits per heavy atom. The lowest BCUT2D eigenvalue weighted by molar-refractivity contribution is 0.370. The summed E-state index contributed by atoms with van der Waals surface area (Å²) in [5.41, 5.74) is 1.39. The molecule has 0 aromatic carbocycles. The van der Waals surface area contributed by atoms with Crippen LogP contribution in [0.1, 0.15) is 18.5 Å². The normalized spacial score (nSPS) is 19.7. The second-order valence-corrected chi connectivity index (χ2v) is 3.59. The number of aromatic nitrogens is 1. The van der Waals surface area contributed by atoms with Crippen molar-refractivity contribution in [2.45, 2.75) is 19.3 Å². The minimum absolute atomic E-state index is 0.893. The topological polar surface area (TPSA) is 27.8 Å². The minimum Gasteiger partial charge on any atom is -0.365 e. The van der Waals surface area contributed by atoms with Crippen LogP contribution in [0, 0.1) is 5.92 Å². The summed E-state index contributed by atoms with van der Waals surface area (Å²) in [6.45, 7) is 2.40. The molecule has 0 aliphatic carbocycles. The van der Waals surface area contributed by atoms with Gasteiger partial charge in [0.05, 0.1) is 0 Å². The molecule has 1 aliphatic heterocycles. The molecule has 0 radical (unpaired) electrons. The van der Waals surface area contributed by atoms with E-state index >= 15 is 0 Å². The molecule has 2 heterocycles. The fraction of sp³-hybridized carbons (Fsp3) is 0.600. The average molecular weight is 164 g/mol. The van der Waals surface area contributed by atoms with Crippen LogP contribution in [0.25, 0.3) is 0 Å². The highest BCUT2D eigenvalue weighted by molar-refractivity contribution is 5.04. The number of piperidine rings is 1. The van der Waals surface area contributed by atoms with Crippen LogP contribution in [0.15, 0.2) is 18.3 Å². The quantitative estimate of drug-likeness (QED) is 0.682. The summed E-state index contributed by atoms with van der Waals surface area (Å²) in [6.07, 6.45) is 5.91. The van der Waals surface area contributed by atoms with Gasteiger partial charge < -0.3 is 10.3 Å². The van der Waals surface area contributed by atoms with Crippen LogP contribution in [0.3, 0.4) is 0 Å². The van der Waals surface area contributed by atoms with Gasteiger partial charge in [0.15, 0.2) is 0 Å². The Hall–Kier alpha value is -0.760. The van der Waals surface area contributed by atoms with Crippen molar-refractivity contribution < 1.29 is 0 Å². The van der Waals surface area contributed by atoms with Gasteiger partial charge in [-0.2, -0.15) is 0 Å². The summed E-state index contributed by atoms with van der Waals surface area (Å²) < 4.78 is 0. The van der Waals surface area contributed by atoms with E-state index in [0.717, 1.165) is 5.92 Å². The van der Waals surface area contributed by atoms with Gasteiger partial charge in [-0.15, -0.1) is 0 Å². The summed E-state index contributed by atoms with van der Waals surface area (Å²) in [6, 6.07) is 4.26. The molecule has 0 unspecified atom stereocenters. The fourth-order valence-corrected chi connectivity index (χ4v) is 1.89. The van der Waals surface area contributed by atoms with Gasteiger partial charge >= 0.3 is 0 Å². The Balaban J connectivity index is 1.86. The van der Waals surface area contributed by atoms with Crippen LogP contribution < -0.4 is 5.32 Å². The lowest BCUT2D eigenvalue weighted by Gasteiger charge is -2.21. The van der Waals surface area contributed by atoms with Gasteiger partial charge in [-0.25, -0.2) is 0 Å². The molecule has 1 saturated heterocycles. The molecule has 0 spiro atoms. The first kappa shape index (κ1) is 7.87. The summed E-state index contributed by atoms with van der Waals surface area (Å²) in [5.74, 6) is 0.893. The summed E-state index contributed by atoms with van der Waals surface area (Å²) in [5, 5.41) is 3.38. The zero-order chi connectivity index (χ0) is 8.23. The molecule has 1 fully saturated rings. The van der Waals surface area contributed by atoms with Crippen molar-refractivity contribution in [3.63, 3.8) is 0 Å². The Kier molecular flexibility index (Phi) is 2.47. The lowest BCUT2D eigenvalue weighted by atomic mass is 9.93. The van der Waals surface area contributed by atoms with E-state index in [1.807, 2.05) is 6.20 Å². The first-order chi connectivity index (χ1) is 5.95. The van der Waals surface area contributed by atoms with Crippen molar-refractivity contribution in [2.24, 2.45) is 5.92 Å². The molecule has 1 aromatic rings. The molecule has 66 valence electrons. The standard InChI is InChI=1S/C10H16N2/c1-2-10(12-5-1)8-9-3-6-11-7-4-9/h1-2,5,9,11-12H,3-4,6-8H2. The fourth-order valence-electron chi connectivity index (χ4n) is 1.89. The summed E-state index contributed by atoms with van der Waals surface area (Å²) in [7, 11) is 0. The molecule has 12 heavy (non-hydrogen) atoms. The Labute approximate surface area is 73.4 Å². The SMILES string of the molecule is c1c[nH]c(CC2CCNCC2)c1. The molecule has 2 heteroatoms. The van der Waals surface area contributed by atoms with Crippen molar-refractivity contribution in [1.29, 1.82) is 0 Å². The summed E-state index contributed by atoms with van der Waals surface area (Å²) in [4.78, 5) is 3.26. The number of H-pyrrole nitrogens is 1. The molecule has 1 aromatic heterocycles. The highest BCUT2D eigenvalue weighted by atomic mass is 14.9. The predicted octanol–water partition coefficient (Wildman–Crippen LogP) is 1.56. The largest absolute Gasteiger partial charge is 0.365 e. The zero-order valence-electron chi connectivity index (χ0n) is 7.34. The molecule has 1 aliphatic rings. The van der Waals surface area contributed by atoms with Crippen LogP contribution in [-0.2, 0) is 6.42 Å². The Bertz CT molecular complexity index is 210. The highest BCUT2D eigenvalue weighted by Gasteiger charge is 2.13. The van der Waals surface area contributed by atoms with Gasteiger partial charge in [-0.1, -0.05) is 0 Å². The van der Waals surface area contributed by atoms with Crippen LogP contribution in [0.5, 0.6) is 0 Å². The van der Waals surface area contributed by atoms with Crippen LogP contribution in [0.2, 0.25) is 0 Å². The van der Waals surface area contributed by atoms with Gasteiger partial charge in [-0.3, -0.25) is 0 Å². The maximum atomic E-state index is 3.38. The van der Waals surface area contributed by atoms with Gasteiger partial charge in [0.2, 0.25) is 0 Å². The number of hydrogen-bond acceptors (Lipinski definition) is 1. The predicted molar refractivity (Wildman–Crippen MR) is 50.1 cm³/mol. The lowest BCUT2D eigenvalue weighted by Crippen LogP contribution is -2.28. The minimum atomic E-state index is 0.893.